The van der Waals surface area contributed by atoms with Crippen molar-refractivity contribution < 1.29 is 28.5 Å². The van der Waals surface area contributed by atoms with Crippen molar-refractivity contribution in [3.8, 4) is 17.2 Å². The van der Waals surface area contributed by atoms with Crippen LogP contribution in [0.25, 0.3) is 0 Å². The van der Waals surface area contributed by atoms with E-state index >= 15 is 0 Å². The normalized spacial score (nSPS) is 19.7. The highest BCUT2D eigenvalue weighted by molar-refractivity contribution is 5.95. The van der Waals surface area contributed by atoms with E-state index in [-0.39, 0.29) is 30.2 Å². The molecular formula is C19H27NO6. The number of carbonyl (C=O) groups excluding carboxylic acids is 2. The van der Waals surface area contributed by atoms with Crippen LogP contribution in [-0.4, -0.2) is 56.8 Å². The Morgan fingerprint density at radius 3 is 2.04 bits per heavy atom. The average Bonchev–Trinajstić information content (AvgIpc) is 2.64. The van der Waals surface area contributed by atoms with Crippen LogP contribution in [-0.2, 0) is 9.53 Å². The molecule has 1 aromatic carbocycles. The number of amides is 1. The summed E-state index contributed by atoms with van der Waals surface area (Å²) in [4.78, 5) is 26.8. The molecule has 0 aliphatic carbocycles. The van der Waals surface area contributed by atoms with Gasteiger partial charge >= 0.3 is 5.97 Å². The fourth-order valence-electron chi connectivity index (χ4n) is 3.38. The van der Waals surface area contributed by atoms with Crippen LogP contribution in [0, 0.1) is 0 Å². The number of rotatable bonds is 6. The monoisotopic (exact) mass is 365 g/mol. The molecule has 0 bridgehead atoms. The second-order valence-electron chi connectivity index (χ2n) is 6.41. The molecule has 2 atom stereocenters. The molecule has 0 saturated carbocycles. The Labute approximate surface area is 154 Å². The van der Waals surface area contributed by atoms with Crippen LogP contribution in [0.3, 0.4) is 0 Å². The summed E-state index contributed by atoms with van der Waals surface area (Å²) >= 11 is 0. The average molecular weight is 365 g/mol. The minimum atomic E-state index is -0.645. The lowest BCUT2D eigenvalue weighted by molar-refractivity contribution is -0.140. The Balaban J connectivity index is 2.11. The first kappa shape index (κ1) is 19.9. The molecule has 0 radical (unpaired) electrons. The van der Waals surface area contributed by atoms with Gasteiger partial charge in [0.15, 0.2) is 18.1 Å². The number of nitrogens with zero attached hydrogens (tertiary/aromatic N) is 1. The molecule has 0 spiro atoms. The molecule has 26 heavy (non-hydrogen) atoms. The second-order valence-corrected chi connectivity index (χ2v) is 6.41. The summed E-state index contributed by atoms with van der Waals surface area (Å²) in [5.74, 6) is 0.281. The topological polar surface area (TPSA) is 74.3 Å². The molecule has 7 heteroatoms. The first-order valence-electron chi connectivity index (χ1n) is 8.71. The number of esters is 1. The standard InChI is InChI=1S/C19H27NO6/c1-12-7-6-8-13(2)20(12)18(21)11-26-19(22)14-9-16(24-4)17(25-5)10-15(14)23-3/h9-10,12-13H,6-8,11H2,1-5H3/t12-,13-/m1/s1. The molecule has 0 unspecified atom stereocenters. The number of piperidine rings is 1. The number of hydrogen-bond donors (Lipinski definition) is 0. The van der Waals surface area contributed by atoms with Gasteiger partial charge in [0.05, 0.1) is 21.3 Å². The SMILES string of the molecule is COc1cc(OC)c(C(=O)OCC(=O)N2[C@H](C)CCC[C@H]2C)cc1OC. The van der Waals surface area contributed by atoms with Crippen LogP contribution in [0.4, 0.5) is 0 Å². The van der Waals surface area contributed by atoms with Crippen LogP contribution in [0.2, 0.25) is 0 Å². The molecule has 144 valence electrons. The van der Waals surface area contributed by atoms with Crippen LogP contribution in [0.15, 0.2) is 12.1 Å². The lowest BCUT2D eigenvalue weighted by atomic mass is 9.97. The van der Waals surface area contributed by atoms with Gasteiger partial charge in [0.1, 0.15) is 11.3 Å². The van der Waals surface area contributed by atoms with Gasteiger partial charge in [0.2, 0.25) is 0 Å². The summed E-state index contributed by atoms with van der Waals surface area (Å²) in [7, 11) is 4.41. The molecule has 1 fully saturated rings. The van der Waals surface area contributed by atoms with E-state index in [0.717, 1.165) is 19.3 Å². The molecule has 1 aromatic rings. The highest BCUT2D eigenvalue weighted by Crippen LogP contribution is 2.35. The van der Waals surface area contributed by atoms with Gasteiger partial charge in [-0.2, -0.15) is 0 Å². The molecule has 0 N–H and O–H groups in total. The fourth-order valence-corrected chi connectivity index (χ4v) is 3.38. The Kier molecular flexibility index (Phi) is 6.71. The summed E-state index contributed by atoms with van der Waals surface area (Å²) in [6.07, 6.45) is 3.04. The number of carbonyl (C=O) groups is 2. The smallest absolute Gasteiger partial charge is 0.342 e. The molecule has 2 rings (SSSR count). The Morgan fingerprint density at radius 2 is 1.50 bits per heavy atom. The lowest BCUT2D eigenvalue weighted by Gasteiger charge is -2.38. The third-order valence-electron chi connectivity index (χ3n) is 4.73. The van der Waals surface area contributed by atoms with Gasteiger partial charge in [0, 0.05) is 24.2 Å². The Bertz CT molecular complexity index is 650. The Hall–Kier alpha value is -2.44. The molecule has 1 amide bonds. The van der Waals surface area contributed by atoms with Crippen molar-refractivity contribution in [3.05, 3.63) is 17.7 Å². The van der Waals surface area contributed by atoms with E-state index in [4.69, 9.17) is 18.9 Å². The van der Waals surface area contributed by atoms with E-state index in [0.29, 0.717) is 17.2 Å². The molecule has 1 aliphatic heterocycles. The summed E-state index contributed by atoms with van der Waals surface area (Å²) in [5, 5.41) is 0. The van der Waals surface area contributed by atoms with Gasteiger partial charge < -0.3 is 23.8 Å². The number of methoxy groups -OCH3 is 3. The predicted octanol–water partition coefficient (Wildman–Crippen LogP) is 2.66. The van der Waals surface area contributed by atoms with Crippen molar-refractivity contribution in [2.75, 3.05) is 27.9 Å². The maximum absolute atomic E-state index is 12.5. The summed E-state index contributed by atoms with van der Waals surface area (Å²) in [6, 6.07) is 3.34. The van der Waals surface area contributed by atoms with E-state index in [2.05, 4.69) is 0 Å². The van der Waals surface area contributed by atoms with Crippen LogP contribution in [0.5, 0.6) is 17.2 Å². The molecular weight excluding hydrogens is 338 g/mol. The minimum absolute atomic E-state index is 0.153. The quantitative estimate of drug-likeness (QED) is 0.722. The summed E-state index contributed by atoms with van der Waals surface area (Å²) < 4.78 is 20.9. The number of ether oxygens (including phenoxy) is 4. The number of likely N-dealkylation sites (tertiary alicyclic amines) is 1. The van der Waals surface area contributed by atoms with Crippen molar-refractivity contribution in [3.63, 3.8) is 0 Å². The van der Waals surface area contributed by atoms with Crippen LogP contribution >= 0.6 is 0 Å². The number of hydrogen-bond acceptors (Lipinski definition) is 6. The molecule has 1 heterocycles. The van der Waals surface area contributed by atoms with E-state index in [1.54, 1.807) is 6.07 Å². The van der Waals surface area contributed by atoms with E-state index in [9.17, 15) is 9.59 Å². The van der Waals surface area contributed by atoms with Crippen molar-refractivity contribution in [1.29, 1.82) is 0 Å². The van der Waals surface area contributed by atoms with E-state index in [1.165, 1.54) is 27.4 Å². The molecule has 7 nitrogen and oxygen atoms in total. The number of benzene rings is 1. The molecule has 1 aliphatic rings. The molecule has 1 saturated heterocycles. The van der Waals surface area contributed by atoms with Crippen LogP contribution in [0.1, 0.15) is 43.5 Å². The maximum atomic E-state index is 12.5. The maximum Gasteiger partial charge on any atom is 0.342 e. The van der Waals surface area contributed by atoms with Crippen molar-refractivity contribution in [1.82, 2.24) is 4.90 Å². The van der Waals surface area contributed by atoms with Crippen LogP contribution < -0.4 is 14.2 Å². The van der Waals surface area contributed by atoms with Gasteiger partial charge in [-0.15, -0.1) is 0 Å². The fraction of sp³-hybridized carbons (Fsp3) is 0.579. The summed E-state index contributed by atoms with van der Waals surface area (Å²) in [5.41, 5.74) is 0.178. The van der Waals surface area contributed by atoms with Gasteiger partial charge in [0.25, 0.3) is 5.91 Å². The third kappa shape index (κ3) is 4.20. The van der Waals surface area contributed by atoms with Gasteiger partial charge in [-0.05, 0) is 33.1 Å². The lowest BCUT2D eigenvalue weighted by Crippen LogP contribution is -2.49. The van der Waals surface area contributed by atoms with Crippen molar-refractivity contribution in [2.45, 2.75) is 45.2 Å². The third-order valence-corrected chi connectivity index (χ3v) is 4.73. The second kappa shape index (κ2) is 8.78. The van der Waals surface area contributed by atoms with E-state index < -0.39 is 5.97 Å². The first-order valence-corrected chi connectivity index (χ1v) is 8.71. The highest BCUT2D eigenvalue weighted by Gasteiger charge is 2.30. The predicted molar refractivity (Wildman–Crippen MR) is 96.0 cm³/mol. The molecule has 0 aromatic heterocycles. The largest absolute Gasteiger partial charge is 0.496 e. The van der Waals surface area contributed by atoms with Gasteiger partial charge in [-0.3, -0.25) is 4.79 Å². The van der Waals surface area contributed by atoms with E-state index in [1.807, 2.05) is 18.7 Å². The minimum Gasteiger partial charge on any atom is -0.496 e. The van der Waals surface area contributed by atoms with Crippen molar-refractivity contribution in [2.24, 2.45) is 0 Å². The zero-order valence-corrected chi connectivity index (χ0v) is 16.0. The summed E-state index contributed by atoms with van der Waals surface area (Å²) in [6.45, 7) is 3.74. The van der Waals surface area contributed by atoms with Gasteiger partial charge in [-0.25, -0.2) is 4.79 Å². The Morgan fingerprint density at radius 1 is 0.962 bits per heavy atom. The zero-order chi connectivity index (χ0) is 19.3. The van der Waals surface area contributed by atoms with Crippen molar-refractivity contribution >= 4 is 11.9 Å². The van der Waals surface area contributed by atoms with Gasteiger partial charge in [-0.1, -0.05) is 0 Å². The first-order chi connectivity index (χ1) is 12.4. The zero-order valence-electron chi connectivity index (χ0n) is 16.0. The highest BCUT2D eigenvalue weighted by atomic mass is 16.5.